The molecule has 1 fully saturated rings. The number of aryl methyl sites for hydroxylation is 1. The first kappa shape index (κ1) is 23.2. The molecular formula is C23H24ClN7O4. The Balaban J connectivity index is 1.44. The number of hydrogen-bond acceptors (Lipinski definition) is 9. The maximum absolute atomic E-state index is 13.5. The maximum Gasteiger partial charge on any atom is 0.329 e. The van der Waals surface area contributed by atoms with Gasteiger partial charge in [0.2, 0.25) is 5.88 Å². The Morgan fingerprint density at radius 1 is 1.34 bits per heavy atom. The Kier molecular flexibility index (Phi) is 6.37. The molecule has 2 aliphatic heterocycles. The highest BCUT2D eigenvalue weighted by Crippen LogP contribution is 2.43. The average Bonchev–Trinajstić information content (AvgIpc) is 3.27. The highest BCUT2D eigenvalue weighted by atomic mass is 35.5. The summed E-state index contributed by atoms with van der Waals surface area (Å²) in [6.07, 6.45) is 4.21. The topological polar surface area (TPSA) is 137 Å². The van der Waals surface area contributed by atoms with Gasteiger partial charge in [0.1, 0.15) is 12.7 Å². The van der Waals surface area contributed by atoms with Crippen molar-refractivity contribution in [2.45, 2.75) is 25.5 Å². The molecule has 2 aliphatic rings. The van der Waals surface area contributed by atoms with Crippen LogP contribution in [0.1, 0.15) is 12.1 Å². The number of hydrogen-bond donors (Lipinski definition) is 3. The number of anilines is 3. The summed E-state index contributed by atoms with van der Waals surface area (Å²) in [7, 11) is 0. The molecule has 12 heteroatoms. The number of aliphatic hydroxyl groups excluding tert-OH is 2. The van der Waals surface area contributed by atoms with Crippen molar-refractivity contribution < 1.29 is 19.7 Å². The number of halogens is 1. The first-order valence-electron chi connectivity index (χ1n) is 11.2. The molecule has 35 heavy (non-hydrogen) atoms. The van der Waals surface area contributed by atoms with E-state index in [0.29, 0.717) is 23.1 Å². The van der Waals surface area contributed by atoms with Gasteiger partial charge in [0.25, 0.3) is 0 Å². The van der Waals surface area contributed by atoms with Crippen molar-refractivity contribution in [2.24, 2.45) is 0 Å². The zero-order chi connectivity index (χ0) is 24.5. The number of amides is 2. The molecule has 11 nitrogen and oxygen atoms in total. The number of carbonyl (C=O) groups is 1. The predicted octanol–water partition coefficient (Wildman–Crippen LogP) is 2.26. The number of ether oxygens (including phenoxy) is 1. The second-order valence-electron chi connectivity index (χ2n) is 8.43. The number of nitrogens with one attached hydrogen (secondary N) is 1. The minimum atomic E-state index is -1.04. The molecule has 3 aromatic rings. The van der Waals surface area contributed by atoms with E-state index in [9.17, 15) is 9.90 Å². The Morgan fingerprint density at radius 2 is 2.20 bits per heavy atom. The third kappa shape index (κ3) is 4.70. The van der Waals surface area contributed by atoms with Crippen LogP contribution in [-0.4, -0.2) is 74.6 Å². The van der Waals surface area contributed by atoms with Gasteiger partial charge in [-0.15, -0.1) is 0 Å². The summed E-state index contributed by atoms with van der Waals surface area (Å²) in [4.78, 5) is 34.6. The molecule has 0 aliphatic carbocycles. The quantitative estimate of drug-likeness (QED) is 0.468. The molecule has 5 heterocycles. The Labute approximate surface area is 206 Å². The van der Waals surface area contributed by atoms with Gasteiger partial charge in [0, 0.05) is 30.5 Å². The van der Waals surface area contributed by atoms with Gasteiger partial charge in [-0.2, -0.15) is 4.98 Å². The second-order valence-corrected chi connectivity index (χ2v) is 8.83. The SMILES string of the molecule is Cc1cc(-c2nc3c(cc2Cl)N2CC[C@@H](C2)N3C(=O)Nc2cncc(OC[C@@H](O)CO)n2)ccn1. The normalized spacial score (nSPS) is 17.2. The lowest BCUT2D eigenvalue weighted by molar-refractivity contribution is 0.0520. The van der Waals surface area contributed by atoms with E-state index in [-0.39, 0.29) is 24.3 Å². The van der Waals surface area contributed by atoms with Gasteiger partial charge in [-0.3, -0.25) is 20.2 Å². The maximum atomic E-state index is 13.5. The molecule has 182 valence electrons. The zero-order valence-electron chi connectivity index (χ0n) is 18.9. The van der Waals surface area contributed by atoms with Gasteiger partial charge in [0.05, 0.1) is 41.4 Å². The number of nitrogens with zero attached hydrogens (tertiary/aromatic N) is 6. The molecule has 2 atom stereocenters. The number of carbonyl (C=O) groups excluding carboxylic acids is 1. The Morgan fingerprint density at radius 3 is 3.00 bits per heavy atom. The van der Waals surface area contributed by atoms with Crippen LogP contribution in [0.15, 0.2) is 36.8 Å². The smallest absolute Gasteiger partial charge is 0.329 e. The molecule has 5 rings (SSSR count). The third-order valence-electron chi connectivity index (χ3n) is 5.90. The van der Waals surface area contributed by atoms with Crippen LogP contribution in [-0.2, 0) is 0 Å². The molecule has 0 saturated carbocycles. The first-order chi connectivity index (χ1) is 16.9. The van der Waals surface area contributed by atoms with Crippen LogP contribution < -0.4 is 19.9 Å². The first-order valence-corrected chi connectivity index (χ1v) is 11.5. The van der Waals surface area contributed by atoms with E-state index >= 15 is 0 Å². The van der Waals surface area contributed by atoms with Crippen LogP contribution in [0.3, 0.4) is 0 Å². The molecule has 2 amide bonds. The van der Waals surface area contributed by atoms with Crippen molar-refractivity contribution in [3.8, 4) is 17.1 Å². The summed E-state index contributed by atoms with van der Waals surface area (Å²) in [6, 6.07) is 5.14. The van der Waals surface area contributed by atoms with Gasteiger partial charge in [-0.25, -0.2) is 9.78 Å². The minimum absolute atomic E-state index is 0.0599. The number of aliphatic hydroxyl groups is 2. The van der Waals surface area contributed by atoms with Crippen LogP contribution in [0.25, 0.3) is 11.3 Å². The fourth-order valence-corrected chi connectivity index (χ4v) is 4.52. The van der Waals surface area contributed by atoms with E-state index in [1.54, 1.807) is 11.1 Å². The summed E-state index contributed by atoms with van der Waals surface area (Å²) in [5, 5.41) is 21.7. The molecule has 3 N–H and O–H groups in total. The summed E-state index contributed by atoms with van der Waals surface area (Å²) in [5.41, 5.74) is 3.03. The van der Waals surface area contributed by atoms with Crippen molar-refractivity contribution in [1.82, 2.24) is 19.9 Å². The molecule has 0 spiro atoms. The fourth-order valence-electron chi connectivity index (χ4n) is 4.26. The average molecular weight is 498 g/mol. The standard InChI is InChI=1S/C23H24ClN7O4/c1-13-6-14(2-4-26-13)21-17(24)7-18-22(29-21)31(15-3-5-30(18)10-15)23(34)28-19-8-25-9-20(27-19)35-12-16(33)11-32/h2,4,6-9,15-16,32-33H,3,5,10-12H2,1H3,(H,27,28,34)/t15-,16-/m0/s1. The number of aromatic nitrogens is 4. The van der Waals surface area contributed by atoms with E-state index in [2.05, 4.69) is 25.2 Å². The lowest BCUT2D eigenvalue weighted by Gasteiger charge is -2.36. The zero-order valence-corrected chi connectivity index (χ0v) is 19.7. The lowest BCUT2D eigenvalue weighted by Crippen LogP contribution is -2.48. The van der Waals surface area contributed by atoms with Gasteiger partial charge in [-0.05, 0) is 31.5 Å². The van der Waals surface area contributed by atoms with Crippen LogP contribution in [0, 0.1) is 6.92 Å². The van der Waals surface area contributed by atoms with Crippen LogP contribution >= 0.6 is 11.6 Å². The van der Waals surface area contributed by atoms with E-state index in [0.717, 1.165) is 29.9 Å². The molecular weight excluding hydrogens is 474 g/mol. The highest BCUT2D eigenvalue weighted by Gasteiger charge is 2.41. The monoisotopic (exact) mass is 497 g/mol. The van der Waals surface area contributed by atoms with Crippen molar-refractivity contribution >= 4 is 35.0 Å². The summed E-state index contributed by atoms with van der Waals surface area (Å²) in [6.45, 7) is 2.78. The molecule has 1 saturated heterocycles. The Bertz CT molecular complexity index is 1260. The van der Waals surface area contributed by atoms with E-state index in [1.807, 2.05) is 25.1 Å². The van der Waals surface area contributed by atoms with Gasteiger partial charge in [-0.1, -0.05) is 11.6 Å². The van der Waals surface area contributed by atoms with E-state index in [1.165, 1.54) is 12.4 Å². The lowest BCUT2D eigenvalue weighted by atomic mass is 10.1. The van der Waals surface area contributed by atoms with Crippen molar-refractivity contribution in [3.63, 3.8) is 0 Å². The number of urea groups is 1. The van der Waals surface area contributed by atoms with Crippen molar-refractivity contribution in [3.05, 3.63) is 47.5 Å². The molecule has 0 radical (unpaired) electrons. The van der Waals surface area contributed by atoms with Crippen molar-refractivity contribution in [1.29, 1.82) is 0 Å². The predicted molar refractivity (Wildman–Crippen MR) is 130 cm³/mol. The van der Waals surface area contributed by atoms with Crippen molar-refractivity contribution in [2.75, 3.05) is 41.4 Å². The van der Waals surface area contributed by atoms with Gasteiger partial charge >= 0.3 is 6.03 Å². The van der Waals surface area contributed by atoms with Crippen LogP contribution in [0.4, 0.5) is 22.1 Å². The number of rotatable bonds is 6. The minimum Gasteiger partial charge on any atom is -0.474 e. The second kappa shape index (κ2) is 9.61. The summed E-state index contributed by atoms with van der Waals surface area (Å²) >= 11 is 6.63. The summed E-state index contributed by atoms with van der Waals surface area (Å²) in [5.74, 6) is 0.824. The highest BCUT2D eigenvalue weighted by molar-refractivity contribution is 6.33. The van der Waals surface area contributed by atoms with Gasteiger partial charge < -0.3 is 19.8 Å². The molecule has 0 unspecified atom stereocenters. The number of pyridine rings is 2. The third-order valence-corrected chi connectivity index (χ3v) is 6.19. The molecule has 3 aromatic heterocycles. The van der Waals surface area contributed by atoms with E-state index in [4.69, 9.17) is 26.4 Å². The largest absolute Gasteiger partial charge is 0.474 e. The van der Waals surface area contributed by atoms with Crippen LogP contribution in [0.5, 0.6) is 5.88 Å². The van der Waals surface area contributed by atoms with Crippen LogP contribution in [0.2, 0.25) is 5.02 Å². The van der Waals surface area contributed by atoms with Gasteiger partial charge in [0.15, 0.2) is 11.6 Å². The molecule has 2 bridgehead atoms. The fraction of sp³-hybridized carbons (Fsp3) is 0.348. The number of fused-ring (bicyclic) bond motifs is 4. The molecule has 0 aromatic carbocycles. The Hall–Kier alpha value is -3.54. The van der Waals surface area contributed by atoms with E-state index < -0.39 is 18.7 Å². The summed E-state index contributed by atoms with van der Waals surface area (Å²) < 4.78 is 5.33.